The van der Waals surface area contributed by atoms with Crippen molar-refractivity contribution in [2.24, 2.45) is 0 Å². The minimum Gasteiger partial charge on any atom is -0.347 e. The number of carbonyl (C=O) groups excluding carboxylic acids is 2. The predicted octanol–water partition coefficient (Wildman–Crippen LogP) is 1.80. The van der Waals surface area contributed by atoms with Crippen LogP contribution in [0.5, 0.6) is 0 Å². The Labute approximate surface area is 149 Å². The highest BCUT2D eigenvalue weighted by molar-refractivity contribution is 5.94. The Hall–Kier alpha value is -3.55. The van der Waals surface area contributed by atoms with Gasteiger partial charge in [-0.1, -0.05) is 23.4 Å². The Balaban J connectivity index is 1.72. The molecule has 0 aliphatic heterocycles. The third-order valence-electron chi connectivity index (χ3n) is 3.52. The van der Waals surface area contributed by atoms with Crippen LogP contribution in [-0.4, -0.2) is 33.5 Å². The Morgan fingerprint density at radius 3 is 2.77 bits per heavy atom. The lowest BCUT2D eigenvalue weighted by atomic mass is 10.1. The minimum absolute atomic E-state index is 0.0879. The molecule has 0 bridgehead atoms. The molecule has 2 heterocycles. The van der Waals surface area contributed by atoms with Gasteiger partial charge in [-0.05, 0) is 23.8 Å². The van der Waals surface area contributed by atoms with Gasteiger partial charge in [0.2, 0.25) is 23.5 Å². The fourth-order valence-corrected chi connectivity index (χ4v) is 2.30. The number of aromatic nitrogens is 3. The Bertz CT molecular complexity index is 908. The van der Waals surface area contributed by atoms with Gasteiger partial charge in [0.05, 0.1) is 13.0 Å². The van der Waals surface area contributed by atoms with Crippen LogP contribution < -0.4 is 10.6 Å². The highest BCUT2D eigenvalue weighted by Crippen LogP contribution is 2.20. The zero-order valence-corrected chi connectivity index (χ0v) is 14.1. The van der Waals surface area contributed by atoms with Crippen LogP contribution in [0.3, 0.4) is 0 Å². The van der Waals surface area contributed by atoms with Gasteiger partial charge in [-0.3, -0.25) is 14.6 Å². The zero-order chi connectivity index (χ0) is 18.4. The molecule has 0 fully saturated rings. The second-order valence-electron chi connectivity index (χ2n) is 5.55. The Morgan fingerprint density at radius 2 is 2.00 bits per heavy atom. The van der Waals surface area contributed by atoms with E-state index in [1.807, 2.05) is 24.3 Å². The number of hydrogen-bond donors (Lipinski definition) is 2. The van der Waals surface area contributed by atoms with E-state index in [1.54, 1.807) is 24.5 Å². The SMILES string of the molecule is CC(=O)NCC(=O)Nc1ccccc1Cc1nc(-c2cccnc2)no1. The number of nitrogens with zero attached hydrogens (tertiary/aromatic N) is 3. The lowest BCUT2D eigenvalue weighted by Gasteiger charge is -2.09. The molecule has 0 atom stereocenters. The molecule has 132 valence electrons. The van der Waals surface area contributed by atoms with Crippen molar-refractivity contribution in [3.8, 4) is 11.4 Å². The van der Waals surface area contributed by atoms with E-state index in [9.17, 15) is 9.59 Å². The number of amides is 2. The predicted molar refractivity (Wildman–Crippen MR) is 94.1 cm³/mol. The van der Waals surface area contributed by atoms with E-state index >= 15 is 0 Å². The minimum atomic E-state index is -0.311. The molecule has 0 aliphatic carbocycles. The number of rotatable bonds is 6. The summed E-state index contributed by atoms with van der Waals surface area (Å²) >= 11 is 0. The molecule has 2 N–H and O–H groups in total. The van der Waals surface area contributed by atoms with Gasteiger partial charge in [-0.2, -0.15) is 4.98 Å². The van der Waals surface area contributed by atoms with E-state index in [2.05, 4.69) is 25.8 Å². The van der Waals surface area contributed by atoms with Gasteiger partial charge in [0, 0.05) is 30.6 Å². The van der Waals surface area contributed by atoms with Gasteiger partial charge < -0.3 is 15.2 Å². The zero-order valence-electron chi connectivity index (χ0n) is 14.1. The third kappa shape index (κ3) is 4.50. The summed E-state index contributed by atoms with van der Waals surface area (Å²) in [5.41, 5.74) is 2.22. The van der Waals surface area contributed by atoms with E-state index in [0.29, 0.717) is 23.8 Å². The molecule has 3 rings (SSSR count). The maximum absolute atomic E-state index is 11.9. The Kier molecular flexibility index (Phi) is 5.33. The number of anilines is 1. The monoisotopic (exact) mass is 351 g/mol. The van der Waals surface area contributed by atoms with Gasteiger partial charge in [0.15, 0.2) is 0 Å². The van der Waals surface area contributed by atoms with Gasteiger partial charge in [-0.15, -0.1) is 0 Å². The van der Waals surface area contributed by atoms with Gasteiger partial charge in [0.1, 0.15) is 0 Å². The molecule has 3 aromatic rings. The first-order valence-corrected chi connectivity index (χ1v) is 7.97. The van der Waals surface area contributed by atoms with Crippen molar-refractivity contribution < 1.29 is 14.1 Å². The normalized spacial score (nSPS) is 10.3. The first kappa shape index (κ1) is 17.3. The van der Waals surface area contributed by atoms with Crippen molar-refractivity contribution in [1.82, 2.24) is 20.4 Å². The lowest BCUT2D eigenvalue weighted by molar-refractivity contribution is -0.122. The number of para-hydroxylation sites is 1. The summed E-state index contributed by atoms with van der Waals surface area (Å²) in [6.45, 7) is 1.27. The second kappa shape index (κ2) is 8.02. The van der Waals surface area contributed by atoms with E-state index in [-0.39, 0.29) is 18.4 Å². The maximum Gasteiger partial charge on any atom is 0.243 e. The molecular formula is C18H17N5O3. The third-order valence-corrected chi connectivity index (χ3v) is 3.52. The Morgan fingerprint density at radius 1 is 1.15 bits per heavy atom. The fraction of sp³-hybridized carbons (Fsp3) is 0.167. The van der Waals surface area contributed by atoms with Crippen molar-refractivity contribution >= 4 is 17.5 Å². The molecule has 0 aliphatic rings. The molecule has 2 amide bonds. The van der Waals surface area contributed by atoms with E-state index in [4.69, 9.17) is 4.52 Å². The maximum atomic E-state index is 11.9. The molecule has 2 aromatic heterocycles. The van der Waals surface area contributed by atoms with Crippen LogP contribution in [0.2, 0.25) is 0 Å². The second-order valence-corrected chi connectivity index (χ2v) is 5.55. The summed E-state index contributed by atoms with van der Waals surface area (Å²) in [7, 11) is 0. The molecule has 0 spiro atoms. The highest BCUT2D eigenvalue weighted by Gasteiger charge is 2.13. The molecular weight excluding hydrogens is 334 g/mol. The van der Waals surface area contributed by atoms with Crippen LogP contribution in [0, 0.1) is 0 Å². The molecule has 0 saturated heterocycles. The molecule has 8 nitrogen and oxygen atoms in total. The molecule has 1 aromatic carbocycles. The van der Waals surface area contributed by atoms with E-state index in [1.165, 1.54) is 6.92 Å². The molecule has 0 saturated carbocycles. The van der Waals surface area contributed by atoms with Gasteiger partial charge >= 0.3 is 0 Å². The first-order valence-electron chi connectivity index (χ1n) is 7.97. The standard InChI is InChI=1S/C18H17N5O3/c1-12(24)20-11-16(25)21-15-7-3-2-5-13(15)9-17-22-18(23-26-17)14-6-4-8-19-10-14/h2-8,10H,9,11H2,1H3,(H,20,24)(H,21,25). The van der Waals surface area contributed by atoms with Crippen LogP contribution >= 0.6 is 0 Å². The van der Waals surface area contributed by atoms with Crippen molar-refractivity contribution in [1.29, 1.82) is 0 Å². The van der Waals surface area contributed by atoms with Crippen LogP contribution in [0.1, 0.15) is 18.4 Å². The fourth-order valence-electron chi connectivity index (χ4n) is 2.30. The van der Waals surface area contributed by atoms with Crippen molar-refractivity contribution in [2.75, 3.05) is 11.9 Å². The molecule has 8 heteroatoms. The topological polar surface area (TPSA) is 110 Å². The lowest BCUT2D eigenvalue weighted by Crippen LogP contribution is -2.31. The molecule has 0 unspecified atom stereocenters. The quantitative estimate of drug-likeness (QED) is 0.701. The average molecular weight is 351 g/mol. The number of carbonyl (C=O) groups is 2. The highest BCUT2D eigenvalue weighted by atomic mass is 16.5. The van der Waals surface area contributed by atoms with Crippen molar-refractivity contribution in [2.45, 2.75) is 13.3 Å². The van der Waals surface area contributed by atoms with E-state index < -0.39 is 0 Å². The number of pyridine rings is 1. The van der Waals surface area contributed by atoms with Gasteiger partial charge in [0.25, 0.3) is 0 Å². The van der Waals surface area contributed by atoms with Crippen LogP contribution in [0.25, 0.3) is 11.4 Å². The summed E-state index contributed by atoms with van der Waals surface area (Å²) < 4.78 is 5.30. The van der Waals surface area contributed by atoms with Crippen LogP contribution in [0.4, 0.5) is 5.69 Å². The first-order chi connectivity index (χ1) is 12.6. The summed E-state index contributed by atoms with van der Waals surface area (Å²) in [5, 5.41) is 9.19. The summed E-state index contributed by atoms with van der Waals surface area (Å²) in [6, 6.07) is 11.0. The number of hydrogen-bond acceptors (Lipinski definition) is 6. The van der Waals surface area contributed by atoms with Crippen LogP contribution in [0.15, 0.2) is 53.3 Å². The summed E-state index contributed by atoms with van der Waals surface area (Å²) in [4.78, 5) is 31.2. The number of nitrogens with one attached hydrogen (secondary N) is 2. The largest absolute Gasteiger partial charge is 0.347 e. The average Bonchev–Trinajstić information content (AvgIpc) is 3.11. The smallest absolute Gasteiger partial charge is 0.243 e. The summed E-state index contributed by atoms with van der Waals surface area (Å²) in [5.74, 6) is 0.309. The van der Waals surface area contributed by atoms with E-state index in [0.717, 1.165) is 11.1 Å². The van der Waals surface area contributed by atoms with Crippen molar-refractivity contribution in [3.63, 3.8) is 0 Å². The van der Waals surface area contributed by atoms with Crippen LogP contribution in [-0.2, 0) is 16.0 Å². The molecule has 26 heavy (non-hydrogen) atoms. The molecule has 0 radical (unpaired) electrons. The van der Waals surface area contributed by atoms with Crippen molar-refractivity contribution in [3.05, 3.63) is 60.2 Å². The van der Waals surface area contributed by atoms with Gasteiger partial charge in [-0.25, -0.2) is 0 Å². The summed E-state index contributed by atoms with van der Waals surface area (Å²) in [6.07, 6.45) is 3.69. The number of benzene rings is 1.